The third-order valence-electron chi connectivity index (χ3n) is 2.44. The first-order valence-corrected chi connectivity index (χ1v) is 5.83. The van der Waals surface area contributed by atoms with Gasteiger partial charge in [-0.15, -0.1) is 0 Å². The van der Waals surface area contributed by atoms with E-state index in [4.69, 9.17) is 9.15 Å². The minimum Gasteiger partial charge on any atom is -0.494 e. The highest BCUT2D eigenvalue weighted by atomic mass is 16.5. The summed E-state index contributed by atoms with van der Waals surface area (Å²) in [5.74, 6) is 1.87. The van der Waals surface area contributed by atoms with Gasteiger partial charge in [0.1, 0.15) is 11.5 Å². The zero-order chi connectivity index (χ0) is 11.9. The van der Waals surface area contributed by atoms with E-state index in [-0.39, 0.29) is 0 Å². The van der Waals surface area contributed by atoms with Crippen LogP contribution in [0.1, 0.15) is 18.2 Å². The van der Waals surface area contributed by atoms with E-state index in [0.29, 0.717) is 6.61 Å². The largest absolute Gasteiger partial charge is 0.494 e. The summed E-state index contributed by atoms with van der Waals surface area (Å²) in [7, 11) is 0. The number of hydrogen-bond donors (Lipinski definition) is 1. The fourth-order valence-corrected chi connectivity index (χ4v) is 1.61. The monoisotopic (exact) mass is 231 g/mol. The van der Waals surface area contributed by atoms with Crippen molar-refractivity contribution in [1.29, 1.82) is 0 Å². The zero-order valence-corrected chi connectivity index (χ0v) is 9.98. The molecule has 17 heavy (non-hydrogen) atoms. The lowest BCUT2D eigenvalue weighted by Gasteiger charge is -2.05. The van der Waals surface area contributed by atoms with Gasteiger partial charge in [0.25, 0.3) is 0 Å². The van der Waals surface area contributed by atoms with Crippen LogP contribution in [0.15, 0.2) is 47.1 Å². The summed E-state index contributed by atoms with van der Waals surface area (Å²) in [6.07, 6.45) is 1.69. The van der Waals surface area contributed by atoms with E-state index >= 15 is 0 Å². The van der Waals surface area contributed by atoms with Crippen molar-refractivity contribution in [2.24, 2.45) is 0 Å². The lowest BCUT2D eigenvalue weighted by Crippen LogP contribution is -2.11. The van der Waals surface area contributed by atoms with Gasteiger partial charge in [0.15, 0.2) is 0 Å². The van der Waals surface area contributed by atoms with E-state index in [1.54, 1.807) is 6.26 Å². The molecule has 2 aromatic rings. The van der Waals surface area contributed by atoms with Crippen LogP contribution >= 0.6 is 0 Å². The predicted molar refractivity (Wildman–Crippen MR) is 66.9 cm³/mol. The lowest BCUT2D eigenvalue weighted by molar-refractivity contribution is 0.340. The van der Waals surface area contributed by atoms with Crippen LogP contribution in [0.5, 0.6) is 5.75 Å². The normalized spacial score (nSPS) is 10.4. The van der Waals surface area contributed by atoms with Crippen molar-refractivity contribution in [3.63, 3.8) is 0 Å². The molecule has 0 fully saturated rings. The molecule has 1 aromatic carbocycles. The van der Waals surface area contributed by atoms with E-state index in [1.165, 1.54) is 5.56 Å². The van der Waals surface area contributed by atoms with Gasteiger partial charge in [-0.3, -0.25) is 0 Å². The molecule has 3 nitrogen and oxygen atoms in total. The van der Waals surface area contributed by atoms with Crippen LogP contribution in [-0.4, -0.2) is 6.61 Å². The van der Waals surface area contributed by atoms with Gasteiger partial charge in [0.2, 0.25) is 0 Å². The fraction of sp³-hybridized carbons (Fsp3) is 0.286. The van der Waals surface area contributed by atoms with Crippen molar-refractivity contribution in [2.45, 2.75) is 20.0 Å². The SMILES string of the molecule is CCOc1ccc(CNCc2ccco2)cc1. The Hall–Kier alpha value is -1.74. The number of hydrogen-bond acceptors (Lipinski definition) is 3. The van der Waals surface area contributed by atoms with Crippen molar-refractivity contribution in [1.82, 2.24) is 5.32 Å². The van der Waals surface area contributed by atoms with Gasteiger partial charge in [-0.05, 0) is 36.8 Å². The molecule has 2 rings (SSSR count). The average molecular weight is 231 g/mol. The van der Waals surface area contributed by atoms with E-state index in [9.17, 15) is 0 Å². The number of benzene rings is 1. The first-order chi connectivity index (χ1) is 8.38. The molecule has 90 valence electrons. The van der Waals surface area contributed by atoms with Crippen molar-refractivity contribution in [2.75, 3.05) is 6.61 Å². The van der Waals surface area contributed by atoms with Gasteiger partial charge in [0, 0.05) is 6.54 Å². The summed E-state index contributed by atoms with van der Waals surface area (Å²) >= 11 is 0. The summed E-state index contributed by atoms with van der Waals surface area (Å²) in [6, 6.07) is 12.0. The van der Waals surface area contributed by atoms with Crippen LogP contribution in [0.3, 0.4) is 0 Å². The number of nitrogens with one attached hydrogen (secondary N) is 1. The van der Waals surface area contributed by atoms with Crippen molar-refractivity contribution < 1.29 is 9.15 Å². The molecule has 1 heterocycles. The smallest absolute Gasteiger partial charge is 0.119 e. The second-order valence-electron chi connectivity index (χ2n) is 3.76. The molecule has 0 atom stereocenters. The van der Waals surface area contributed by atoms with Crippen LogP contribution < -0.4 is 10.1 Å². The molecule has 0 aliphatic rings. The summed E-state index contributed by atoms with van der Waals surface area (Å²) in [4.78, 5) is 0. The van der Waals surface area contributed by atoms with Gasteiger partial charge >= 0.3 is 0 Å². The standard InChI is InChI=1S/C14H17NO2/c1-2-16-13-7-5-12(6-8-13)10-15-11-14-4-3-9-17-14/h3-9,15H,2,10-11H2,1H3. The lowest BCUT2D eigenvalue weighted by atomic mass is 10.2. The molecule has 0 aliphatic heterocycles. The third-order valence-corrected chi connectivity index (χ3v) is 2.44. The van der Waals surface area contributed by atoms with Gasteiger partial charge in [0.05, 0.1) is 19.4 Å². The van der Waals surface area contributed by atoms with Crippen LogP contribution in [0.25, 0.3) is 0 Å². The van der Waals surface area contributed by atoms with Gasteiger partial charge in [-0.1, -0.05) is 12.1 Å². The highest BCUT2D eigenvalue weighted by Gasteiger charge is 1.97. The quantitative estimate of drug-likeness (QED) is 0.830. The Kier molecular flexibility index (Phi) is 4.22. The molecule has 1 aromatic heterocycles. The fourth-order valence-electron chi connectivity index (χ4n) is 1.61. The van der Waals surface area contributed by atoms with Gasteiger partial charge in [-0.2, -0.15) is 0 Å². The summed E-state index contributed by atoms with van der Waals surface area (Å²) in [6.45, 7) is 4.27. The van der Waals surface area contributed by atoms with E-state index in [2.05, 4.69) is 17.4 Å². The Bertz CT molecular complexity index is 420. The predicted octanol–water partition coefficient (Wildman–Crippen LogP) is 2.97. The summed E-state index contributed by atoms with van der Waals surface area (Å²) in [5.41, 5.74) is 1.24. The van der Waals surface area contributed by atoms with Gasteiger partial charge in [-0.25, -0.2) is 0 Å². The van der Waals surface area contributed by atoms with E-state index in [0.717, 1.165) is 24.6 Å². The highest BCUT2D eigenvalue weighted by molar-refractivity contribution is 5.27. The molecular weight excluding hydrogens is 214 g/mol. The number of ether oxygens (including phenoxy) is 1. The molecular formula is C14H17NO2. The Morgan fingerprint density at radius 1 is 1.12 bits per heavy atom. The Labute approximate surface area is 101 Å². The topological polar surface area (TPSA) is 34.4 Å². The molecule has 0 amide bonds. The number of rotatable bonds is 6. The zero-order valence-electron chi connectivity index (χ0n) is 9.98. The highest BCUT2D eigenvalue weighted by Crippen LogP contribution is 2.12. The minimum absolute atomic E-state index is 0.704. The first kappa shape index (κ1) is 11.7. The van der Waals surface area contributed by atoms with Crippen LogP contribution in [0.2, 0.25) is 0 Å². The van der Waals surface area contributed by atoms with Crippen molar-refractivity contribution in [3.05, 3.63) is 54.0 Å². The van der Waals surface area contributed by atoms with Crippen LogP contribution in [0, 0.1) is 0 Å². The molecule has 0 radical (unpaired) electrons. The maximum atomic E-state index is 5.39. The number of furan rings is 1. The Balaban J connectivity index is 1.79. The summed E-state index contributed by atoms with van der Waals surface area (Å²) in [5, 5.41) is 3.32. The third kappa shape index (κ3) is 3.64. The second kappa shape index (κ2) is 6.11. The maximum Gasteiger partial charge on any atom is 0.119 e. The molecule has 0 saturated heterocycles. The molecule has 0 bridgehead atoms. The van der Waals surface area contributed by atoms with E-state index < -0.39 is 0 Å². The first-order valence-electron chi connectivity index (χ1n) is 5.83. The minimum atomic E-state index is 0.704. The Morgan fingerprint density at radius 2 is 1.94 bits per heavy atom. The van der Waals surface area contributed by atoms with Gasteiger partial charge < -0.3 is 14.5 Å². The van der Waals surface area contributed by atoms with Crippen LogP contribution in [0.4, 0.5) is 0 Å². The van der Waals surface area contributed by atoms with Crippen molar-refractivity contribution in [3.8, 4) is 5.75 Å². The van der Waals surface area contributed by atoms with Crippen molar-refractivity contribution >= 4 is 0 Å². The molecule has 3 heteroatoms. The average Bonchev–Trinajstić information content (AvgIpc) is 2.85. The maximum absolute atomic E-state index is 5.39. The van der Waals surface area contributed by atoms with E-state index in [1.807, 2.05) is 31.2 Å². The molecule has 0 aliphatic carbocycles. The second-order valence-corrected chi connectivity index (χ2v) is 3.76. The molecule has 0 unspecified atom stereocenters. The summed E-state index contributed by atoms with van der Waals surface area (Å²) < 4.78 is 10.6. The van der Waals surface area contributed by atoms with Crippen LogP contribution in [-0.2, 0) is 13.1 Å². The molecule has 0 saturated carbocycles. The molecule has 1 N–H and O–H groups in total. The molecule has 0 spiro atoms. The Morgan fingerprint density at radius 3 is 2.59 bits per heavy atom.